The fraction of sp³-hybridized carbons (Fsp3) is 0.125. The molecule has 0 spiro atoms. The Hall–Kier alpha value is -2.62. The molecule has 3 rings (SSSR count). The number of aryl methyl sites for hydroxylation is 1. The minimum Gasteiger partial charge on any atom is -0.438 e. The van der Waals surface area contributed by atoms with Gasteiger partial charge in [-0.1, -0.05) is 30.3 Å². The van der Waals surface area contributed by atoms with Gasteiger partial charge in [0, 0.05) is 7.05 Å². The fourth-order valence-corrected chi connectivity index (χ4v) is 2.01. The first kappa shape index (κ1) is 12.4. The molecular weight excluding hydrogens is 250 g/mol. The molecule has 0 atom stereocenters. The molecule has 2 aromatic carbocycles. The largest absolute Gasteiger partial charge is 0.438 e. The molecule has 0 aliphatic heterocycles. The second-order valence-electron chi connectivity index (χ2n) is 4.49. The Morgan fingerprint density at radius 3 is 2.50 bits per heavy atom. The van der Waals surface area contributed by atoms with E-state index in [1.807, 2.05) is 55.5 Å². The second-order valence-corrected chi connectivity index (χ2v) is 4.49. The highest BCUT2D eigenvalue weighted by Gasteiger charge is 2.09. The number of nitrogens with one attached hydrogen (secondary N) is 1. The van der Waals surface area contributed by atoms with Gasteiger partial charge < -0.3 is 10.1 Å². The number of aromatic nitrogens is 2. The van der Waals surface area contributed by atoms with Crippen LogP contribution in [0, 0.1) is 6.92 Å². The number of anilines is 1. The van der Waals surface area contributed by atoms with Crippen LogP contribution < -0.4 is 10.1 Å². The average Bonchev–Trinajstić information content (AvgIpc) is 2.49. The molecule has 1 heterocycles. The Balaban J connectivity index is 2.13. The number of fused-ring (bicyclic) bond motifs is 1. The Bertz CT molecular complexity index is 756. The van der Waals surface area contributed by atoms with Gasteiger partial charge in [-0.15, -0.1) is 0 Å². The van der Waals surface area contributed by atoms with Crippen molar-refractivity contribution in [3.63, 3.8) is 0 Å². The molecule has 0 aliphatic rings. The predicted molar refractivity (Wildman–Crippen MR) is 80.3 cm³/mol. The first-order valence-electron chi connectivity index (χ1n) is 6.46. The molecule has 20 heavy (non-hydrogen) atoms. The minimum atomic E-state index is 0.548. The molecule has 0 saturated heterocycles. The van der Waals surface area contributed by atoms with E-state index in [9.17, 15) is 0 Å². The lowest BCUT2D eigenvalue weighted by Gasteiger charge is -2.11. The highest BCUT2D eigenvalue weighted by molar-refractivity contribution is 5.84. The SMILES string of the molecule is CNc1nc(Oc2ccccc2C)c2ccccc2n1. The molecule has 4 nitrogen and oxygen atoms in total. The normalized spacial score (nSPS) is 10.5. The number of benzene rings is 2. The molecule has 0 aliphatic carbocycles. The highest BCUT2D eigenvalue weighted by atomic mass is 16.5. The van der Waals surface area contributed by atoms with Crippen LogP contribution in [0.15, 0.2) is 48.5 Å². The lowest BCUT2D eigenvalue weighted by molar-refractivity contribution is 0.465. The number of para-hydroxylation sites is 2. The van der Waals surface area contributed by atoms with E-state index in [2.05, 4.69) is 15.3 Å². The first-order valence-corrected chi connectivity index (χ1v) is 6.46. The van der Waals surface area contributed by atoms with Gasteiger partial charge in [0.25, 0.3) is 0 Å². The average molecular weight is 265 g/mol. The van der Waals surface area contributed by atoms with Gasteiger partial charge in [0.2, 0.25) is 11.8 Å². The van der Waals surface area contributed by atoms with Crippen molar-refractivity contribution in [2.45, 2.75) is 6.92 Å². The van der Waals surface area contributed by atoms with E-state index in [1.165, 1.54) is 0 Å². The van der Waals surface area contributed by atoms with Crippen molar-refractivity contribution in [2.75, 3.05) is 12.4 Å². The number of hydrogen-bond acceptors (Lipinski definition) is 4. The Kier molecular flexibility index (Phi) is 3.21. The van der Waals surface area contributed by atoms with Crippen molar-refractivity contribution in [3.8, 4) is 11.6 Å². The van der Waals surface area contributed by atoms with E-state index in [-0.39, 0.29) is 0 Å². The summed E-state index contributed by atoms with van der Waals surface area (Å²) in [6, 6.07) is 15.7. The Labute approximate surface area is 117 Å². The number of ether oxygens (including phenoxy) is 1. The lowest BCUT2D eigenvalue weighted by Crippen LogP contribution is -1.99. The molecule has 0 unspecified atom stereocenters. The topological polar surface area (TPSA) is 47.0 Å². The van der Waals surface area contributed by atoms with Gasteiger partial charge in [0.05, 0.1) is 10.9 Å². The zero-order valence-corrected chi connectivity index (χ0v) is 11.4. The lowest BCUT2D eigenvalue weighted by atomic mass is 10.2. The third-order valence-electron chi connectivity index (χ3n) is 3.09. The number of hydrogen-bond donors (Lipinski definition) is 1. The molecule has 0 amide bonds. The zero-order chi connectivity index (χ0) is 13.9. The predicted octanol–water partition coefficient (Wildman–Crippen LogP) is 3.77. The van der Waals surface area contributed by atoms with E-state index in [0.717, 1.165) is 22.2 Å². The standard InChI is InChI=1S/C16H15N3O/c1-11-7-3-6-10-14(11)20-15-12-8-4-5-9-13(12)18-16(17-2)19-15/h3-10H,1-2H3,(H,17,18,19). The van der Waals surface area contributed by atoms with Crippen molar-refractivity contribution in [1.82, 2.24) is 9.97 Å². The molecule has 0 saturated carbocycles. The summed E-state index contributed by atoms with van der Waals surface area (Å²) in [4.78, 5) is 8.83. The summed E-state index contributed by atoms with van der Waals surface area (Å²) in [5, 5.41) is 3.86. The maximum atomic E-state index is 5.97. The maximum Gasteiger partial charge on any atom is 0.231 e. The Morgan fingerprint density at radius 1 is 0.950 bits per heavy atom. The van der Waals surface area contributed by atoms with E-state index >= 15 is 0 Å². The van der Waals surface area contributed by atoms with Crippen LogP contribution >= 0.6 is 0 Å². The van der Waals surface area contributed by atoms with Crippen LogP contribution in [0.2, 0.25) is 0 Å². The monoisotopic (exact) mass is 265 g/mol. The van der Waals surface area contributed by atoms with Crippen LogP contribution in [0.25, 0.3) is 10.9 Å². The summed E-state index contributed by atoms with van der Waals surface area (Å²) in [5.74, 6) is 1.92. The van der Waals surface area contributed by atoms with Gasteiger partial charge in [0.15, 0.2) is 0 Å². The summed E-state index contributed by atoms with van der Waals surface area (Å²) in [7, 11) is 1.79. The van der Waals surface area contributed by atoms with Crippen LogP contribution in [0.4, 0.5) is 5.95 Å². The molecule has 1 aromatic heterocycles. The van der Waals surface area contributed by atoms with E-state index < -0.39 is 0 Å². The minimum absolute atomic E-state index is 0.548. The summed E-state index contributed by atoms with van der Waals surface area (Å²) >= 11 is 0. The smallest absolute Gasteiger partial charge is 0.231 e. The summed E-state index contributed by atoms with van der Waals surface area (Å²) in [6.07, 6.45) is 0. The van der Waals surface area contributed by atoms with Crippen molar-refractivity contribution < 1.29 is 4.74 Å². The molecule has 0 bridgehead atoms. The summed E-state index contributed by atoms with van der Waals surface area (Å²) in [6.45, 7) is 2.01. The van der Waals surface area contributed by atoms with Crippen LogP contribution in [0.1, 0.15) is 5.56 Å². The van der Waals surface area contributed by atoms with Crippen LogP contribution in [-0.4, -0.2) is 17.0 Å². The second kappa shape index (κ2) is 5.17. The van der Waals surface area contributed by atoms with Gasteiger partial charge in [-0.3, -0.25) is 0 Å². The zero-order valence-electron chi connectivity index (χ0n) is 11.4. The van der Waals surface area contributed by atoms with Gasteiger partial charge in [-0.25, -0.2) is 4.98 Å². The van der Waals surface area contributed by atoms with Crippen molar-refractivity contribution in [2.24, 2.45) is 0 Å². The first-order chi connectivity index (χ1) is 9.78. The summed E-state index contributed by atoms with van der Waals surface area (Å²) < 4.78 is 5.97. The van der Waals surface area contributed by atoms with E-state index in [4.69, 9.17) is 4.74 Å². The van der Waals surface area contributed by atoms with E-state index in [0.29, 0.717) is 11.8 Å². The number of nitrogens with zero attached hydrogens (tertiary/aromatic N) is 2. The molecular formula is C16H15N3O. The van der Waals surface area contributed by atoms with Crippen molar-refractivity contribution in [3.05, 3.63) is 54.1 Å². The third kappa shape index (κ3) is 2.28. The van der Waals surface area contributed by atoms with Crippen LogP contribution in [0.3, 0.4) is 0 Å². The van der Waals surface area contributed by atoms with Crippen LogP contribution in [-0.2, 0) is 0 Å². The quantitative estimate of drug-likeness (QED) is 0.783. The summed E-state index contributed by atoms with van der Waals surface area (Å²) in [5.41, 5.74) is 1.93. The van der Waals surface area contributed by atoms with E-state index in [1.54, 1.807) is 7.05 Å². The molecule has 0 fully saturated rings. The molecule has 1 N–H and O–H groups in total. The van der Waals surface area contributed by atoms with Gasteiger partial charge in [0.1, 0.15) is 5.75 Å². The molecule has 4 heteroatoms. The van der Waals surface area contributed by atoms with Gasteiger partial charge in [-0.2, -0.15) is 4.98 Å². The van der Waals surface area contributed by atoms with Gasteiger partial charge >= 0.3 is 0 Å². The maximum absolute atomic E-state index is 5.97. The van der Waals surface area contributed by atoms with Crippen molar-refractivity contribution in [1.29, 1.82) is 0 Å². The molecule has 100 valence electrons. The highest BCUT2D eigenvalue weighted by Crippen LogP contribution is 2.29. The van der Waals surface area contributed by atoms with Crippen molar-refractivity contribution >= 4 is 16.9 Å². The molecule has 3 aromatic rings. The Morgan fingerprint density at radius 2 is 1.70 bits per heavy atom. The van der Waals surface area contributed by atoms with Crippen LogP contribution in [0.5, 0.6) is 11.6 Å². The molecule has 0 radical (unpaired) electrons. The number of rotatable bonds is 3. The fourth-order valence-electron chi connectivity index (χ4n) is 2.01. The van der Waals surface area contributed by atoms with Gasteiger partial charge in [-0.05, 0) is 30.7 Å². The third-order valence-corrected chi connectivity index (χ3v) is 3.09.